The Bertz CT molecular complexity index is 140. The third-order valence-corrected chi connectivity index (χ3v) is 1.85. The zero-order valence-electron chi connectivity index (χ0n) is 9.30. The summed E-state index contributed by atoms with van der Waals surface area (Å²) in [5.41, 5.74) is 0. The summed E-state index contributed by atoms with van der Waals surface area (Å²) in [7, 11) is 3.93. The third-order valence-electron chi connectivity index (χ3n) is 1.85. The molecule has 0 aliphatic heterocycles. The SMILES string of the molecule is CC(=O)OC(C)C(C)N(C)C.CI. The summed E-state index contributed by atoms with van der Waals surface area (Å²) in [5, 5.41) is 0. The number of alkyl halides is 1. The van der Waals surface area contributed by atoms with Gasteiger partial charge in [0.25, 0.3) is 0 Å². The molecule has 2 unspecified atom stereocenters. The molecule has 0 amide bonds. The number of rotatable bonds is 3. The highest BCUT2D eigenvalue weighted by atomic mass is 127. The molecule has 0 saturated carbocycles. The molecule has 0 aliphatic carbocycles. The van der Waals surface area contributed by atoms with Gasteiger partial charge in [0, 0.05) is 13.0 Å². The van der Waals surface area contributed by atoms with E-state index in [0.29, 0.717) is 0 Å². The van der Waals surface area contributed by atoms with Crippen molar-refractivity contribution in [3.63, 3.8) is 0 Å². The van der Waals surface area contributed by atoms with Crippen molar-refractivity contribution in [3.05, 3.63) is 0 Å². The summed E-state index contributed by atoms with van der Waals surface area (Å²) in [5.74, 6) is -0.216. The van der Waals surface area contributed by atoms with Crippen molar-refractivity contribution in [3.8, 4) is 0 Å². The van der Waals surface area contributed by atoms with E-state index in [2.05, 4.69) is 22.6 Å². The minimum Gasteiger partial charge on any atom is -0.461 e. The van der Waals surface area contributed by atoms with Gasteiger partial charge in [0.1, 0.15) is 6.10 Å². The Balaban J connectivity index is 0. The number of carbonyl (C=O) groups is 1. The molecule has 0 radical (unpaired) electrons. The maximum atomic E-state index is 10.5. The summed E-state index contributed by atoms with van der Waals surface area (Å²) in [4.78, 5) is 14.5. The van der Waals surface area contributed by atoms with Crippen LogP contribution in [-0.4, -0.2) is 42.0 Å². The molecule has 3 nitrogen and oxygen atoms in total. The molecule has 4 heteroatoms. The zero-order valence-corrected chi connectivity index (χ0v) is 11.5. The van der Waals surface area contributed by atoms with E-state index < -0.39 is 0 Å². The Morgan fingerprint density at radius 1 is 1.31 bits per heavy atom. The molecule has 0 aromatic heterocycles. The van der Waals surface area contributed by atoms with Gasteiger partial charge in [-0.3, -0.25) is 4.79 Å². The zero-order chi connectivity index (χ0) is 11.0. The lowest BCUT2D eigenvalue weighted by molar-refractivity contribution is -0.147. The average molecular weight is 301 g/mol. The third kappa shape index (κ3) is 8.49. The summed E-state index contributed by atoms with van der Waals surface area (Å²) < 4.78 is 4.99. The largest absolute Gasteiger partial charge is 0.461 e. The number of carbonyl (C=O) groups excluding carboxylic acids is 1. The second-order valence-corrected chi connectivity index (χ2v) is 3.02. The van der Waals surface area contributed by atoms with Crippen molar-refractivity contribution in [1.29, 1.82) is 0 Å². The van der Waals surface area contributed by atoms with Crippen LogP contribution in [0.25, 0.3) is 0 Å². The molecule has 0 aliphatic rings. The molecule has 0 aromatic rings. The Morgan fingerprint density at radius 3 is 1.92 bits per heavy atom. The average Bonchev–Trinajstić information content (AvgIpc) is 2.05. The fraction of sp³-hybridized carbons (Fsp3) is 0.889. The number of halogens is 1. The number of hydrogen-bond donors (Lipinski definition) is 0. The van der Waals surface area contributed by atoms with Crippen molar-refractivity contribution in [2.75, 3.05) is 19.0 Å². The topological polar surface area (TPSA) is 29.5 Å². The predicted octanol–water partition coefficient (Wildman–Crippen LogP) is 1.94. The van der Waals surface area contributed by atoms with Crippen LogP contribution in [-0.2, 0) is 9.53 Å². The van der Waals surface area contributed by atoms with Crippen LogP contribution in [0.3, 0.4) is 0 Å². The van der Waals surface area contributed by atoms with Crippen molar-refractivity contribution < 1.29 is 9.53 Å². The van der Waals surface area contributed by atoms with Gasteiger partial charge < -0.3 is 9.64 Å². The van der Waals surface area contributed by atoms with E-state index in [4.69, 9.17) is 4.74 Å². The normalized spacial score (nSPS) is 14.2. The molecule has 0 saturated heterocycles. The van der Waals surface area contributed by atoms with Crippen LogP contribution in [0, 0.1) is 0 Å². The van der Waals surface area contributed by atoms with Crippen molar-refractivity contribution in [2.45, 2.75) is 32.9 Å². The first-order valence-corrected chi connectivity index (χ1v) is 6.32. The van der Waals surface area contributed by atoms with Gasteiger partial charge in [0.15, 0.2) is 0 Å². The molecule has 13 heavy (non-hydrogen) atoms. The maximum absolute atomic E-state index is 10.5. The van der Waals surface area contributed by atoms with E-state index in [-0.39, 0.29) is 18.1 Å². The fourth-order valence-electron chi connectivity index (χ4n) is 0.780. The van der Waals surface area contributed by atoms with E-state index >= 15 is 0 Å². The standard InChI is InChI=1S/C8H17NO2.CH3I/c1-6(9(4)5)7(2)11-8(3)10;1-2/h6-7H,1-5H3;1H3. The van der Waals surface area contributed by atoms with Gasteiger partial charge in [-0.1, -0.05) is 22.6 Å². The van der Waals surface area contributed by atoms with E-state index in [1.807, 2.05) is 37.8 Å². The van der Waals surface area contributed by atoms with Gasteiger partial charge in [-0.2, -0.15) is 0 Å². The highest BCUT2D eigenvalue weighted by Gasteiger charge is 2.15. The number of nitrogens with zero attached hydrogens (tertiary/aromatic N) is 1. The first kappa shape index (κ1) is 15.6. The highest BCUT2D eigenvalue weighted by Crippen LogP contribution is 2.03. The van der Waals surface area contributed by atoms with Crippen LogP contribution in [0.5, 0.6) is 0 Å². The Kier molecular flexibility index (Phi) is 10.5. The number of esters is 1. The second-order valence-electron chi connectivity index (χ2n) is 3.02. The maximum Gasteiger partial charge on any atom is 0.302 e. The smallest absolute Gasteiger partial charge is 0.302 e. The van der Waals surface area contributed by atoms with E-state index in [1.165, 1.54) is 6.92 Å². The van der Waals surface area contributed by atoms with Crippen LogP contribution in [0.1, 0.15) is 20.8 Å². The van der Waals surface area contributed by atoms with Gasteiger partial charge in [0.05, 0.1) is 0 Å². The molecule has 0 fully saturated rings. The predicted molar refractivity (Wildman–Crippen MR) is 64.3 cm³/mol. The molecule has 0 aromatic carbocycles. The first-order chi connectivity index (χ1) is 5.95. The van der Waals surface area contributed by atoms with Crippen molar-refractivity contribution >= 4 is 28.6 Å². The van der Waals surface area contributed by atoms with Crippen LogP contribution in [0.4, 0.5) is 0 Å². The second kappa shape index (κ2) is 8.74. The monoisotopic (exact) mass is 301 g/mol. The summed E-state index contributed by atoms with van der Waals surface area (Å²) in [6, 6.07) is 0.263. The first-order valence-electron chi connectivity index (χ1n) is 4.16. The molecule has 0 rings (SSSR count). The van der Waals surface area contributed by atoms with Crippen LogP contribution in [0.15, 0.2) is 0 Å². The summed E-state index contributed by atoms with van der Waals surface area (Å²) in [6.07, 6.45) is -0.0394. The fourth-order valence-corrected chi connectivity index (χ4v) is 0.780. The molecule has 2 atom stereocenters. The van der Waals surface area contributed by atoms with Gasteiger partial charge in [-0.15, -0.1) is 0 Å². The van der Waals surface area contributed by atoms with Gasteiger partial charge in [-0.05, 0) is 32.9 Å². The van der Waals surface area contributed by atoms with Gasteiger partial charge in [0.2, 0.25) is 0 Å². The quantitative estimate of drug-likeness (QED) is 0.453. The molecule has 0 spiro atoms. The van der Waals surface area contributed by atoms with Gasteiger partial charge >= 0.3 is 5.97 Å². The van der Waals surface area contributed by atoms with Crippen molar-refractivity contribution in [2.24, 2.45) is 0 Å². The lowest BCUT2D eigenvalue weighted by atomic mass is 10.2. The highest BCUT2D eigenvalue weighted by molar-refractivity contribution is 14.1. The van der Waals surface area contributed by atoms with Crippen LogP contribution >= 0.6 is 22.6 Å². The minimum atomic E-state index is -0.216. The van der Waals surface area contributed by atoms with E-state index in [1.54, 1.807) is 0 Å². The Morgan fingerprint density at radius 2 is 1.69 bits per heavy atom. The number of likely N-dealkylation sites (N-methyl/N-ethyl adjacent to an activating group) is 1. The van der Waals surface area contributed by atoms with Gasteiger partial charge in [-0.25, -0.2) is 0 Å². The Labute approximate surface area is 95.0 Å². The minimum absolute atomic E-state index is 0.0394. The molecular weight excluding hydrogens is 281 g/mol. The van der Waals surface area contributed by atoms with Crippen LogP contribution in [0.2, 0.25) is 0 Å². The Hall–Kier alpha value is 0.160. The summed E-state index contributed by atoms with van der Waals surface area (Å²) >= 11 is 2.15. The molecule has 0 heterocycles. The van der Waals surface area contributed by atoms with Crippen molar-refractivity contribution in [1.82, 2.24) is 4.90 Å². The molecule has 0 bridgehead atoms. The molecule has 80 valence electrons. The lowest BCUT2D eigenvalue weighted by Crippen LogP contribution is -2.37. The van der Waals surface area contributed by atoms with E-state index in [9.17, 15) is 4.79 Å². The van der Waals surface area contributed by atoms with E-state index in [0.717, 1.165) is 0 Å². The molecular formula is C9H20INO2. The van der Waals surface area contributed by atoms with Crippen LogP contribution < -0.4 is 0 Å². The number of hydrogen-bond acceptors (Lipinski definition) is 3. The summed E-state index contributed by atoms with van der Waals surface area (Å²) in [6.45, 7) is 5.35. The molecule has 0 N–H and O–H groups in total. The number of ether oxygens (including phenoxy) is 1. The lowest BCUT2D eigenvalue weighted by Gasteiger charge is -2.25.